The summed E-state index contributed by atoms with van der Waals surface area (Å²) >= 11 is 0. The van der Waals surface area contributed by atoms with E-state index in [1.54, 1.807) is 0 Å². The summed E-state index contributed by atoms with van der Waals surface area (Å²) in [6.07, 6.45) is 0. The summed E-state index contributed by atoms with van der Waals surface area (Å²) in [5.41, 5.74) is 5.50. The predicted octanol–water partition coefficient (Wildman–Crippen LogP) is 12.1. The Kier molecular flexibility index (Phi) is 10.8. The zero-order chi connectivity index (χ0) is 33.3. The van der Waals surface area contributed by atoms with Crippen LogP contribution in [0.2, 0.25) is 0 Å². The standard InChI is InChI=1S/C40H36O6P2/c1-29-17-5-11-23-35(29)41-47(42-36-24-12-6-18-30(36)2)45-39-27-15-9-21-33(39)34-22-10-16-28-40(34)46-48(43-37-25-13-7-19-31(37)3)44-38-26-14-8-20-32(38)4/h5-28H,1-4H3. The molecule has 0 radical (unpaired) electrons. The van der Waals surface area contributed by atoms with Crippen molar-refractivity contribution >= 4 is 17.2 Å². The lowest BCUT2D eigenvalue weighted by atomic mass is 10.0. The molecule has 6 nitrogen and oxygen atoms in total. The van der Waals surface area contributed by atoms with Crippen LogP contribution in [0.3, 0.4) is 0 Å². The largest absolute Gasteiger partial charge is 0.530 e. The summed E-state index contributed by atoms with van der Waals surface area (Å²) in [5.74, 6) is 3.89. The van der Waals surface area contributed by atoms with Crippen molar-refractivity contribution in [2.45, 2.75) is 27.7 Å². The van der Waals surface area contributed by atoms with Gasteiger partial charge in [0.05, 0.1) is 0 Å². The molecule has 0 aromatic heterocycles. The molecule has 48 heavy (non-hydrogen) atoms. The average Bonchev–Trinajstić information content (AvgIpc) is 3.09. The molecule has 0 saturated heterocycles. The second-order valence-corrected chi connectivity index (χ2v) is 13.0. The number of hydrogen-bond donors (Lipinski definition) is 0. The third-order valence-electron chi connectivity index (χ3n) is 7.48. The van der Waals surface area contributed by atoms with Crippen molar-refractivity contribution in [2.24, 2.45) is 0 Å². The van der Waals surface area contributed by atoms with Gasteiger partial charge < -0.3 is 27.1 Å². The maximum Gasteiger partial charge on any atom is 0.530 e. The summed E-state index contributed by atoms with van der Waals surface area (Å²) < 4.78 is 38.8. The van der Waals surface area contributed by atoms with Crippen LogP contribution in [-0.4, -0.2) is 0 Å². The lowest BCUT2D eigenvalue weighted by molar-refractivity contribution is 0.383. The van der Waals surface area contributed by atoms with Crippen LogP contribution in [0.5, 0.6) is 34.5 Å². The molecule has 0 amide bonds. The minimum atomic E-state index is -1.92. The first-order chi connectivity index (χ1) is 23.4. The third-order valence-corrected chi connectivity index (χ3v) is 9.55. The molecule has 0 atom stereocenters. The van der Waals surface area contributed by atoms with Crippen molar-refractivity contribution in [3.05, 3.63) is 168 Å². The van der Waals surface area contributed by atoms with Gasteiger partial charge in [-0.25, -0.2) is 0 Å². The Balaban J connectivity index is 1.34. The van der Waals surface area contributed by atoms with Gasteiger partial charge in [-0.15, -0.1) is 0 Å². The van der Waals surface area contributed by atoms with Gasteiger partial charge in [-0.2, -0.15) is 0 Å². The fourth-order valence-electron chi connectivity index (χ4n) is 4.77. The van der Waals surface area contributed by atoms with Crippen molar-refractivity contribution in [1.82, 2.24) is 0 Å². The summed E-state index contributed by atoms with van der Waals surface area (Å²) in [6, 6.07) is 46.8. The van der Waals surface area contributed by atoms with E-state index >= 15 is 0 Å². The van der Waals surface area contributed by atoms with E-state index in [4.69, 9.17) is 27.1 Å². The summed E-state index contributed by atoms with van der Waals surface area (Å²) in [6.45, 7) is 7.98. The molecule has 242 valence electrons. The highest BCUT2D eigenvalue weighted by Crippen LogP contribution is 2.50. The molecule has 0 aliphatic heterocycles. The Labute approximate surface area is 284 Å². The topological polar surface area (TPSA) is 55.4 Å². The predicted molar refractivity (Wildman–Crippen MR) is 194 cm³/mol. The van der Waals surface area contributed by atoms with E-state index in [0.29, 0.717) is 34.5 Å². The molecule has 0 N–H and O–H groups in total. The quantitative estimate of drug-likeness (QED) is 0.114. The summed E-state index contributed by atoms with van der Waals surface area (Å²) in [5, 5.41) is 0. The van der Waals surface area contributed by atoms with Gasteiger partial charge in [0.1, 0.15) is 34.5 Å². The van der Waals surface area contributed by atoms with Crippen LogP contribution in [0.1, 0.15) is 22.3 Å². The van der Waals surface area contributed by atoms with Gasteiger partial charge in [0.15, 0.2) is 0 Å². The average molecular weight is 675 g/mol. The zero-order valence-corrected chi connectivity index (χ0v) is 29.0. The smallest absolute Gasteiger partial charge is 0.408 e. The molecule has 0 saturated carbocycles. The first-order valence-corrected chi connectivity index (χ1v) is 17.7. The van der Waals surface area contributed by atoms with Crippen LogP contribution in [0.4, 0.5) is 0 Å². The van der Waals surface area contributed by atoms with Crippen molar-refractivity contribution in [3.63, 3.8) is 0 Å². The highest BCUT2D eigenvalue weighted by atomic mass is 31.2. The van der Waals surface area contributed by atoms with Gasteiger partial charge in [-0.3, -0.25) is 0 Å². The van der Waals surface area contributed by atoms with E-state index in [0.717, 1.165) is 33.4 Å². The van der Waals surface area contributed by atoms with E-state index in [1.807, 2.05) is 173 Å². The molecule has 0 aliphatic carbocycles. The third kappa shape index (κ3) is 8.27. The van der Waals surface area contributed by atoms with E-state index in [1.165, 1.54) is 0 Å². The normalized spacial score (nSPS) is 10.9. The fourth-order valence-corrected chi connectivity index (χ4v) is 7.09. The Morgan fingerprint density at radius 2 is 0.479 bits per heavy atom. The van der Waals surface area contributed by atoms with E-state index in [2.05, 4.69) is 0 Å². The molecular weight excluding hydrogens is 638 g/mol. The molecule has 0 aliphatic rings. The molecule has 6 aromatic rings. The molecule has 0 fully saturated rings. The number of hydrogen-bond acceptors (Lipinski definition) is 6. The van der Waals surface area contributed by atoms with E-state index < -0.39 is 17.2 Å². The van der Waals surface area contributed by atoms with Crippen molar-refractivity contribution in [1.29, 1.82) is 0 Å². The SMILES string of the molecule is Cc1ccccc1OP(Oc1ccccc1C)Oc1ccccc1-c1ccccc1OP(Oc1ccccc1C)Oc1ccccc1C. The second-order valence-electron chi connectivity index (χ2n) is 11.0. The van der Waals surface area contributed by atoms with Gasteiger partial charge in [0.25, 0.3) is 0 Å². The first kappa shape index (κ1) is 32.9. The fraction of sp³-hybridized carbons (Fsp3) is 0.100. The molecule has 8 heteroatoms. The second kappa shape index (κ2) is 15.7. The maximum atomic E-state index is 6.61. The monoisotopic (exact) mass is 674 g/mol. The van der Waals surface area contributed by atoms with Crippen molar-refractivity contribution < 1.29 is 27.1 Å². The van der Waals surface area contributed by atoms with Crippen LogP contribution in [0.15, 0.2) is 146 Å². The van der Waals surface area contributed by atoms with Crippen molar-refractivity contribution in [2.75, 3.05) is 0 Å². The van der Waals surface area contributed by atoms with E-state index in [9.17, 15) is 0 Å². The molecule has 6 aromatic carbocycles. The summed E-state index contributed by atoms with van der Waals surface area (Å²) in [4.78, 5) is 0. The van der Waals surface area contributed by atoms with Gasteiger partial charge in [0.2, 0.25) is 0 Å². The Morgan fingerprint density at radius 3 is 0.750 bits per heavy atom. The number of rotatable bonds is 13. The lowest BCUT2D eigenvalue weighted by Gasteiger charge is -2.23. The Morgan fingerprint density at radius 1 is 0.271 bits per heavy atom. The molecular formula is C40H36O6P2. The first-order valence-electron chi connectivity index (χ1n) is 15.5. The molecule has 0 heterocycles. The van der Waals surface area contributed by atoms with Gasteiger partial charge in [0, 0.05) is 11.1 Å². The number of benzene rings is 6. The van der Waals surface area contributed by atoms with Gasteiger partial charge >= 0.3 is 17.2 Å². The number of aryl methyl sites for hydroxylation is 4. The molecule has 0 bridgehead atoms. The summed E-state index contributed by atoms with van der Waals surface area (Å²) in [7, 11) is -3.83. The highest BCUT2D eigenvalue weighted by molar-refractivity contribution is 7.43. The van der Waals surface area contributed by atoms with E-state index in [-0.39, 0.29) is 0 Å². The minimum Gasteiger partial charge on any atom is -0.408 e. The van der Waals surface area contributed by atoms with Crippen molar-refractivity contribution in [3.8, 4) is 45.6 Å². The van der Waals surface area contributed by atoms with Crippen LogP contribution in [-0.2, 0) is 0 Å². The van der Waals surface area contributed by atoms with Gasteiger partial charge in [-0.1, -0.05) is 109 Å². The molecule has 0 unspecified atom stereocenters. The van der Waals surface area contributed by atoms with Crippen LogP contribution in [0, 0.1) is 27.7 Å². The maximum absolute atomic E-state index is 6.61. The lowest BCUT2D eigenvalue weighted by Crippen LogP contribution is -2.06. The molecule has 6 rings (SSSR count). The molecule has 0 spiro atoms. The minimum absolute atomic E-state index is 0.575. The number of para-hydroxylation sites is 6. The van der Waals surface area contributed by atoms with Gasteiger partial charge in [-0.05, 0) is 86.3 Å². The van der Waals surface area contributed by atoms with Crippen LogP contribution < -0.4 is 27.1 Å². The zero-order valence-electron chi connectivity index (χ0n) is 27.2. The van der Waals surface area contributed by atoms with Crippen LogP contribution in [0.25, 0.3) is 11.1 Å². The Hall–Kier alpha value is -5.02. The highest BCUT2D eigenvalue weighted by Gasteiger charge is 2.26. The van der Waals surface area contributed by atoms with Crippen LogP contribution >= 0.6 is 17.2 Å². The Bertz CT molecular complexity index is 1740.